The highest BCUT2D eigenvalue weighted by atomic mass is 35.5. The van der Waals surface area contributed by atoms with Crippen LogP contribution in [0.4, 0.5) is 0 Å². The second kappa shape index (κ2) is 7.66. The van der Waals surface area contributed by atoms with E-state index in [2.05, 4.69) is 0 Å². The first-order valence-electron chi connectivity index (χ1n) is 7.37. The number of rotatable bonds is 5. The van der Waals surface area contributed by atoms with Crippen molar-refractivity contribution in [2.24, 2.45) is 0 Å². The molecule has 24 heavy (non-hydrogen) atoms. The maximum absolute atomic E-state index is 11.0. The molecule has 1 saturated heterocycles. The van der Waals surface area contributed by atoms with Gasteiger partial charge in [-0.15, -0.1) is 0 Å². The smallest absolute Gasteiger partial charge is 0.159 e. The zero-order chi connectivity index (χ0) is 17.1. The van der Waals surface area contributed by atoms with Gasteiger partial charge in [0.15, 0.2) is 5.37 Å². The number of nitrogens with two attached hydrogens (primary N) is 1. The number of thioether (sulfide) groups is 1. The van der Waals surface area contributed by atoms with Gasteiger partial charge in [0.2, 0.25) is 0 Å². The minimum atomic E-state index is -1.02. The highest BCUT2D eigenvalue weighted by molar-refractivity contribution is 7.99. The maximum Gasteiger partial charge on any atom is 0.159 e. The fourth-order valence-electron chi connectivity index (χ4n) is 2.49. The van der Waals surface area contributed by atoms with Gasteiger partial charge in [-0.1, -0.05) is 53.2 Å². The van der Waals surface area contributed by atoms with Crippen LogP contribution in [-0.4, -0.2) is 17.8 Å². The standard InChI is InChI=1S/C17H15Cl2NO3S/c18-13-5-2-6-14(19)12(13)8-23-11-4-1-3-10(7-11)16-20-15(9-24-16)17(21)22/h1-7,15-16,20H,8-9H2,(H,21,22)/t15-,16-/m1/s1. The molecule has 1 fully saturated rings. The summed E-state index contributed by atoms with van der Waals surface area (Å²) in [6, 6.07) is 12.4. The van der Waals surface area contributed by atoms with E-state index >= 15 is 0 Å². The van der Waals surface area contributed by atoms with Crippen molar-refractivity contribution < 1.29 is 20.0 Å². The van der Waals surface area contributed by atoms with Crippen LogP contribution in [0.5, 0.6) is 5.75 Å². The molecule has 0 radical (unpaired) electrons. The number of ether oxygens (including phenoxy) is 1. The van der Waals surface area contributed by atoms with E-state index in [0.29, 0.717) is 21.5 Å². The number of carbonyl (C=O) groups is 1. The van der Waals surface area contributed by atoms with Gasteiger partial charge < -0.3 is 20.0 Å². The lowest BCUT2D eigenvalue weighted by molar-refractivity contribution is -0.690. The Balaban J connectivity index is 1.69. The minimum Gasteiger partial charge on any atom is -0.544 e. The molecule has 0 bridgehead atoms. The predicted molar refractivity (Wildman–Crippen MR) is 93.2 cm³/mol. The van der Waals surface area contributed by atoms with Crippen molar-refractivity contribution in [1.82, 2.24) is 0 Å². The Kier molecular flexibility index (Phi) is 5.56. The Bertz CT molecular complexity index is 736. The van der Waals surface area contributed by atoms with Gasteiger partial charge in [-0.05, 0) is 24.3 Å². The number of benzene rings is 2. The van der Waals surface area contributed by atoms with E-state index < -0.39 is 12.0 Å². The first kappa shape index (κ1) is 17.4. The van der Waals surface area contributed by atoms with Crippen LogP contribution in [0.3, 0.4) is 0 Å². The number of hydrogen-bond acceptors (Lipinski definition) is 4. The molecule has 2 N–H and O–H groups in total. The molecule has 0 spiro atoms. The van der Waals surface area contributed by atoms with Gasteiger partial charge in [0.1, 0.15) is 24.4 Å². The van der Waals surface area contributed by atoms with Gasteiger partial charge >= 0.3 is 0 Å². The Morgan fingerprint density at radius 1 is 1.25 bits per heavy atom. The molecule has 4 nitrogen and oxygen atoms in total. The van der Waals surface area contributed by atoms with Gasteiger partial charge in [0.05, 0.1) is 5.75 Å². The zero-order valence-electron chi connectivity index (χ0n) is 12.6. The summed E-state index contributed by atoms with van der Waals surface area (Å²) in [7, 11) is 0. The molecule has 1 aliphatic rings. The second-order valence-corrected chi connectivity index (χ2v) is 7.42. The molecule has 0 unspecified atom stereocenters. The third-order valence-corrected chi connectivity index (χ3v) is 5.84. The van der Waals surface area contributed by atoms with Crippen molar-refractivity contribution in [2.75, 3.05) is 5.75 Å². The summed E-state index contributed by atoms with van der Waals surface area (Å²) in [4.78, 5) is 11.0. The monoisotopic (exact) mass is 383 g/mol. The molecule has 0 amide bonds. The lowest BCUT2D eigenvalue weighted by Gasteiger charge is -2.13. The minimum absolute atomic E-state index is 0.0281. The Morgan fingerprint density at radius 3 is 2.62 bits per heavy atom. The molecule has 0 aliphatic carbocycles. The molecule has 0 aromatic heterocycles. The molecular formula is C17H15Cl2NO3S. The molecule has 1 heterocycles. The van der Waals surface area contributed by atoms with Crippen LogP contribution in [0.2, 0.25) is 10.0 Å². The number of carboxylic acids is 1. The first-order chi connectivity index (χ1) is 11.5. The quantitative estimate of drug-likeness (QED) is 0.857. The molecule has 126 valence electrons. The van der Waals surface area contributed by atoms with Gasteiger partial charge in [-0.2, -0.15) is 0 Å². The normalized spacial score (nSPS) is 20.1. The summed E-state index contributed by atoms with van der Waals surface area (Å²) in [5.74, 6) is 0.202. The predicted octanol–water partition coefficient (Wildman–Crippen LogP) is 2.00. The third-order valence-electron chi connectivity index (χ3n) is 3.80. The van der Waals surface area contributed by atoms with E-state index in [4.69, 9.17) is 27.9 Å². The maximum atomic E-state index is 11.0. The molecule has 3 rings (SSSR count). The van der Waals surface area contributed by atoms with Crippen molar-refractivity contribution >= 4 is 40.9 Å². The summed E-state index contributed by atoms with van der Waals surface area (Å²) < 4.78 is 5.81. The Hall–Kier alpha value is -1.40. The zero-order valence-corrected chi connectivity index (χ0v) is 14.9. The molecule has 1 aliphatic heterocycles. The van der Waals surface area contributed by atoms with Crippen molar-refractivity contribution in [3.63, 3.8) is 0 Å². The summed E-state index contributed by atoms with van der Waals surface area (Å²) in [5, 5.41) is 13.9. The number of hydrogen-bond donors (Lipinski definition) is 1. The Labute approximate surface area is 154 Å². The SMILES string of the molecule is O=C([O-])[C@H]1CS[C@H](c2cccc(OCc3c(Cl)cccc3Cl)c2)[NH2+]1. The lowest BCUT2D eigenvalue weighted by Crippen LogP contribution is -2.90. The highest BCUT2D eigenvalue weighted by Gasteiger charge is 2.30. The molecule has 0 saturated carbocycles. The van der Waals surface area contributed by atoms with E-state index in [0.717, 1.165) is 11.1 Å². The number of carbonyl (C=O) groups excluding carboxylic acids is 1. The average Bonchev–Trinajstić information content (AvgIpc) is 3.05. The van der Waals surface area contributed by atoms with Gasteiger partial charge in [-0.25, -0.2) is 0 Å². The van der Waals surface area contributed by atoms with Crippen molar-refractivity contribution in [1.29, 1.82) is 0 Å². The highest BCUT2D eigenvalue weighted by Crippen LogP contribution is 2.30. The number of aliphatic carboxylic acids is 1. The van der Waals surface area contributed by atoms with Crippen LogP contribution >= 0.6 is 35.0 Å². The summed E-state index contributed by atoms with van der Waals surface area (Å²) in [6.07, 6.45) is 0. The van der Waals surface area contributed by atoms with Crippen LogP contribution in [-0.2, 0) is 11.4 Å². The first-order valence-corrected chi connectivity index (χ1v) is 9.18. The van der Waals surface area contributed by atoms with E-state index in [1.807, 2.05) is 29.6 Å². The van der Waals surface area contributed by atoms with Crippen LogP contribution < -0.4 is 15.2 Å². The van der Waals surface area contributed by atoms with Crippen molar-refractivity contribution in [2.45, 2.75) is 18.0 Å². The van der Waals surface area contributed by atoms with Gasteiger partial charge in [0.25, 0.3) is 0 Å². The molecule has 2 atom stereocenters. The van der Waals surface area contributed by atoms with Crippen LogP contribution in [0.25, 0.3) is 0 Å². The molecule has 2 aromatic rings. The number of quaternary nitrogens is 1. The fraction of sp³-hybridized carbons (Fsp3) is 0.235. The number of carboxylic acid groups (broad SMARTS) is 1. The fourth-order valence-corrected chi connectivity index (χ4v) is 4.30. The van der Waals surface area contributed by atoms with Crippen LogP contribution in [0, 0.1) is 0 Å². The topological polar surface area (TPSA) is 66.0 Å². The molecule has 2 aromatic carbocycles. The second-order valence-electron chi connectivity index (χ2n) is 5.43. The third kappa shape index (κ3) is 3.98. The molecular weight excluding hydrogens is 369 g/mol. The van der Waals surface area contributed by atoms with E-state index in [-0.39, 0.29) is 12.0 Å². The van der Waals surface area contributed by atoms with Gasteiger partial charge in [-0.3, -0.25) is 0 Å². The number of halogens is 2. The van der Waals surface area contributed by atoms with E-state index in [1.54, 1.807) is 30.0 Å². The molecule has 7 heteroatoms. The lowest BCUT2D eigenvalue weighted by atomic mass is 10.2. The van der Waals surface area contributed by atoms with Gasteiger partial charge in [0, 0.05) is 21.2 Å². The van der Waals surface area contributed by atoms with Crippen LogP contribution in [0.15, 0.2) is 42.5 Å². The van der Waals surface area contributed by atoms with Crippen molar-refractivity contribution in [3.05, 3.63) is 63.6 Å². The summed E-state index contributed by atoms with van der Waals surface area (Å²) in [5.41, 5.74) is 1.75. The summed E-state index contributed by atoms with van der Waals surface area (Å²) >= 11 is 13.9. The van der Waals surface area contributed by atoms with Crippen LogP contribution in [0.1, 0.15) is 16.5 Å². The largest absolute Gasteiger partial charge is 0.544 e. The average molecular weight is 384 g/mol. The van der Waals surface area contributed by atoms with E-state index in [9.17, 15) is 9.90 Å². The van der Waals surface area contributed by atoms with Crippen molar-refractivity contribution in [3.8, 4) is 5.75 Å². The Morgan fingerprint density at radius 2 is 1.96 bits per heavy atom. The van der Waals surface area contributed by atoms with E-state index in [1.165, 1.54) is 0 Å². The summed E-state index contributed by atoms with van der Waals surface area (Å²) in [6.45, 7) is 0.269.